The predicted molar refractivity (Wildman–Crippen MR) is 110 cm³/mol. The van der Waals surface area contributed by atoms with Crippen LogP contribution in [0.15, 0.2) is 48.9 Å². The van der Waals surface area contributed by atoms with Gasteiger partial charge in [-0.05, 0) is 30.2 Å². The number of hydrogen-bond acceptors (Lipinski definition) is 4. The van der Waals surface area contributed by atoms with Crippen LogP contribution in [0.1, 0.15) is 12.5 Å². The number of aromatic nitrogens is 3. The van der Waals surface area contributed by atoms with E-state index in [2.05, 4.69) is 37.7 Å². The van der Waals surface area contributed by atoms with Crippen LogP contribution in [-0.4, -0.2) is 63.1 Å². The molecule has 1 aliphatic rings. The second kappa shape index (κ2) is 8.39. The van der Waals surface area contributed by atoms with Crippen molar-refractivity contribution in [2.45, 2.75) is 19.9 Å². The van der Waals surface area contributed by atoms with E-state index in [1.807, 2.05) is 41.6 Å². The summed E-state index contributed by atoms with van der Waals surface area (Å²) in [6, 6.07) is 11.9. The number of aryl methyl sites for hydroxylation is 1. The lowest BCUT2D eigenvalue weighted by Gasteiger charge is -2.34. The summed E-state index contributed by atoms with van der Waals surface area (Å²) in [6.07, 6.45) is 4.56. The first-order chi connectivity index (χ1) is 13.7. The summed E-state index contributed by atoms with van der Waals surface area (Å²) in [4.78, 5) is 25.7. The van der Waals surface area contributed by atoms with Crippen molar-refractivity contribution in [2.75, 3.05) is 38.0 Å². The molecule has 0 bridgehead atoms. The monoisotopic (exact) mass is 378 g/mol. The fourth-order valence-electron chi connectivity index (χ4n) is 3.63. The van der Waals surface area contributed by atoms with Gasteiger partial charge in [0.25, 0.3) is 0 Å². The van der Waals surface area contributed by atoms with Gasteiger partial charge in [0.1, 0.15) is 5.52 Å². The molecule has 7 heteroatoms. The van der Waals surface area contributed by atoms with Crippen molar-refractivity contribution in [3.63, 3.8) is 0 Å². The standard InChI is InChI=1S/C21H26N6O/c1-2-17-6-3-4-7-18(17)24-21(28)26-13-10-25(11-14-26)12-15-27-16-23-19-8-5-9-22-20(19)27/h3-9,16H,2,10-15H2,1H3,(H,24,28). The number of carbonyl (C=O) groups excluding carboxylic acids is 1. The van der Waals surface area contributed by atoms with Crippen LogP contribution in [0.3, 0.4) is 0 Å². The van der Waals surface area contributed by atoms with Crippen molar-refractivity contribution in [1.82, 2.24) is 24.3 Å². The first-order valence-electron chi connectivity index (χ1n) is 9.86. The van der Waals surface area contributed by atoms with E-state index < -0.39 is 0 Å². The maximum atomic E-state index is 12.6. The minimum atomic E-state index is -0.00893. The number of hydrogen-bond donors (Lipinski definition) is 1. The van der Waals surface area contributed by atoms with Gasteiger partial charge in [-0.1, -0.05) is 25.1 Å². The Bertz CT molecular complexity index is 945. The Morgan fingerprint density at radius 1 is 1.04 bits per heavy atom. The largest absolute Gasteiger partial charge is 0.322 e. The van der Waals surface area contributed by atoms with Crippen molar-refractivity contribution in [3.8, 4) is 0 Å². The maximum absolute atomic E-state index is 12.6. The molecule has 2 amide bonds. The molecule has 4 rings (SSSR count). The van der Waals surface area contributed by atoms with E-state index >= 15 is 0 Å². The van der Waals surface area contributed by atoms with Crippen LogP contribution >= 0.6 is 0 Å². The molecule has 0 saturated carbocycles. The smallest absolute Gasteiger partial charge is 0.321 e. The zero-order valence-electron chi connectivity index (χ0n) is 16.2. The Kier molecular flexibility index (Phi) is 5.53. The highest BCUT2D eigenvalue weighted by molar-refractivity contribution is 5.90. The average Bonchev–Trinajstić information content (AvgIpc) is 3.16. The summed E-state index contributed by atoms with van der Waals surface area (Å²) in [6.45, 7) is 7.11. The number of pyridine rings is 1. The van der Waals surface area contributed by atoms with E-state index in [0.717, 1.165) is 68.1 Å². The minimum absolute atomic E-state index is 0.00893. The molecule has 3 heterocycles. The van der Waals surface area contributed by atoms with Crippen LogP contribution < -0.4 is 5.32 Å². The minimum Gasteiger partial charge on any atom is -0.322 e. The Balaban J connectivity index is 1.28. The number of benzene rings is 1. The van der Waals surface area contributed by atoms with E-state index in [-0.39, 0.29) is 6.03 Å². The third-order valence-corrected chi connectivity index (χ3v) is 5.33. The fourth-order valence-corrected chi connectivity index (χ4v) is 3.63. The molecule has 146 valence electrons. The van der Waals surface area contributed by atoms with Gasteiger partial charge in [0, 0.05) is 51.2 Å². The molecule has 2 aromatic heterocycles. The maximum Gasteiger partial charge on any atom is 0.321 e. The SMILES string of the molecule is CCc1ccccc1NC(=O)N1CCN(CCn2cnc3cccnc32)CC1. The molecule has 0 atom stereocenters. The molecule has 1 fully saturated rings. The number of piperazine rings is 1. The predicted octanol–water partition coefficient (Wildman–Crippen LogP) is 2.84. The quantitative estimate of drug-likeness (QED) is 0.741. The average molecular weight is 378 g/mol. The van der Waals surface area contributed by atoms with Crippen LogP contribution in [0.5, 0.6) is 0 Å². The summed E-state index contributed by atoms with van der Waals surface area (Å²) in [5.41, 5.74) is 3.93. The van der Waals surface area contributed by atoms with E-state index in [0.29, 0.717) is 0 Å². The van der Waals surface area contributed by atoms with Crippen LogP contribution in [0.25, 0.3) is 11.2 Å². The van der Waals surface area contributed by atoms with Gasteiger partial charge in [-0.2, -0.15) is 0 Å². The van der Waals surface area contributed by atoms with E-state index in [4.69, 9.17) is 0 Å². The highest BCUT2D eigenvalue weighted by Gasteiger charge is 2.21. The third kappa shape index (κ3) is 3.99. The Hall–Kier alpha value is -2.93. The van der Waals surface area contributed by atoms with Crippen LogP contribution in [-0.2, 0) is 13.0 Å². The second-order valence-electron chi connectivity index (χ2n) is 7.05. The number of fused-ring (bicyclic) bond motifs is 1. The second-order valence-corrected chi connectivity index (χ2v) is 7.05. The van der Waals surface area contributed by atoms with Crippen LogP contribution in [0.2, 0.25) is 0 Å². The van der Waals surface area contributed by atoms with Crippen molar-refractivity contribution in [2.24, 2.45) is 0 Å². The zero-order valence-corrected chi connectivity index (χ0v) is 16.2. The molecule has 0 aliphatic carbocycles. The molecule has 28 heavy (non-hydrogen) atoms. The molecule has 7 nitrogen and oxygen atoms in total. The van der Waals surface area contributed by atoms with Crippen LogP contribution in [0, 0.1) is 0 Å². The molecule has 3 aromatic rings. The van der Waals surface area contributed by atoms with Crippen molar-refractivity contribution >= 4 is 22.9 Å². The van der Waals surface area contributed by atoms with Crippen molar-refractivity contribution in [3.05, 3.63) is 54.5 Å². The molecule has 1 aromatic carbocycles. The highest BCUT2D eigenvalue weighted by atomic mass is 16.2. The molecular formula is C21H26N6O. The van der Waals surface area contributed by atoms with Gasteiger partial charge < -0.3 is 14.8 Å². The van der Waals surface area contributed by atoms with Crippen molar-refractivity contribution in [1.29, 1.82) is 0 Å². The van der Waals surface area contributed by atoms with Gasteiger partial charge >= 0.3 is 6.03 Å². The first-order valence-corrected chi connectivity index (χ1v) is 9.86. The summed E-state index contributed by atoms with van der Waals surface area (Å²) < 4.78 is 2.09. The molecule has 0 unspecified atom stereocenters. The molecule has 0 spiro atoms. The molecule has 1 N–H and O–H groups in total. The van der Waals surface area contributed by atoms with Crippen molar-refractivity contribution < 1.29 is 4.79 Å². The van der Waals surface area contributed by atoms with Gasteiger partial charge in [0.05, 0.1) is 6.33 Å². The van der Waals surface area contributed by atoms with Gasteiger partial charge in [-0.3, -0.25) is 4.90 Å². The van der Waals surface area contributed by atoms with E-state index in [1.54, 1.807) is 6.20 Å². The summed E-state index contributed by atoms with van der Waals surface area (Å²) in [7, 11) is 0. The fraction of sp³-hybridized carbons (Fsp3) is 0.381. The number of rotatable bonds is 5. The van der Waals surface area contributed by atoms with Gasteiger partial charge in [-0.25, -0.2) is 14.8 Å². The number of anilines is 1. The number of urea groups is 1. The lowest BCUT2D eigenvalue weighted by atomic mass is 10.1. The first kappa shape index (κ1) is 18.4. The number of nitrogens with zero attached hydrogens (tertiary/aromatic N) is 5. The summed E-state index contributed by atoms with van der Waals surface area (Å²) in [5, 5.41) is 3.07. The number of carbonyl (C=O) groups is 1. The molecular weight excluding hydrogens is 352 g/mol. The Labute approximate surface area is 165 Å². The third-order valence-electron chi connectivity index (χ3n) is 5.33. The van der Waals surface area contributed by atoms with Gasteiger partial charge in [0.15, 0.2) is 5.65 Å². The topological polar surface area (TPSA) is 66.3 Å². The number of nitrogens with one attached hydrogen (secondary N) is 1. The number of para-hydroxylation sites is 1. The number of imidazole rings is 1. The molecule has 1 aliphatic heterocycles. The lowest BCUT2D eigenvalue weighted by molar-refractivity contribution is 0.144. The summed E-state index contributed by atoms with van der Waals surface area (Å²) >= 11 is 0. The molecule has 1 saturated heterocycles. The van der Waals surface area contributed by atoms with E-state index in [1.165, 1.54) is 0 Å². The van der Waals surface area contributed by atoms with Gasteiger partial charge in [-0.15, -0.1) is 0 Å². The Morgan fingerprint density at radius 2 is 1.86 bits per heavy atom. The highest BCUT2D eigenvalue weighted by Crippen LogP contribution is 2.16. The number of amides is 2. The lowest BCUT2D eigenvalue weighted by Crippen LogP contribution is -2.50. The Morgan fingerprint density at radius 3 is 2.68 bits per heavy atom. The van der Waals surface area contributed by atoms with Crippen LogP contribution in [0.4, 0.5) is 10.5 Å². The zero-order chi connectivity index (χ0) is 19.3. The van der Waals surface area contributed by atoms with E-state index in [9.17, 15) is 4.79 Å². The van der Waals surface area contributed by atoms with Gasteiger partial charge in [0.2, 0.25) is 0 Å². The summed E-state index contributed by atoms with van der Waals surface area (Å²) in [5.74, 6) is 0. The normalized spacial score (nSPS) is 15.1. The molecule has 0 radical (unpaired) electrons.